The lowest BCUT2D eigenvalue weighted by atomic mass is 10.1. The topological polar surface area (TPSA) is 74.8 Å². The van der Waals surface area contributed by atoms with E-state index >= 15 is 0 Å². The van der Waals surface area contributed by atoms with Gasteiger partial charge in [-0.15, -0.1) is 0 Å². The number of fused-ring (bicyclic) bond motifs is 1. The molecule has 0 bridgehead atoms. The van der Waals surface area contributed by atoms with E-state index in [1.54, 1.807) is 30.2 Å². The van der Waals surface area contributed by atoms with Crippen LogP contribution in [0.4, 0.5) is 5.69 Å². The fourth-order valence-corrected chi connectivity index (χ4v) is 4.10. The number of aromatic nitrogens is 1. The van der Waals surface area contributed by atoms with Crippen LogP contribution in [0.15, 0.2) is 36.5 Å². The number of benzene rings is 1. The summed E-state index contributed by atoms with van der Waals surface area (Å²) in [6, 6.07) is 9.11. The fourth-order valence-electron chi connectivity index (χ4n) is 4.10. The van der Waals surface area contributed by atoms with Crippen molar-refractivity contribution in [1.29, 1.82) is 0 Å². The van der Waals surface area contributed by atoms with Gasteiger partial charge in [-0.2, -0.15) is 0 Å². The smallest absolute Gasteiger partial charge is 0.270 e. The molecule has 2 amide bonds. The van der Waals surface area contributed by atoms with Crippen molar-refractivity contribution in [1.82, 2.24) is 15.2 Å². The first-order valence-corrected chi connectivity index (χ1v) is 10.7. The third-order valence-corrected chi connectivity index (χ3v) is 5.69. The molecule has 1 aromatic carbocycles. The Kier molecular flexibility index (Phi) is 6.28. The number of piperidine rings is 1. The minimum absolute atomic E-state index is 0.0486. The number of rotatable bonds is 6. The Balaban J connectivity index is 1.35. The number of likely N-dealkylation sites (tertiary alicyclic amines) is 1. The van der Waals surface area contributed by atoms with Gasteiger partial charge in [0.2, 0.25) is 5.91 Å². The molecule has 0 saturated carbocycles. The van der Waals surface area contributed by atoms with Crippen molar-refractivity contribution in [3.63, 3.8) is 0 Å². The third kappa shape index (κ3) is 4.79. The number of hydrogen-bond acceptors (Lipinski definition) is 5. The molecule has 2 aromatic rings. The van der Waals surface area contributed by atoms with Crippen LogP contribution in [0.3, 0.4) is 0 Å². The molecule has 1 saturated heterocycles. The second-order valence-corrected chi connectivity index (χ2v) is 7.85. The van der Waals surface area contributed by atoms with Gasteiger partial charge >= 0.3 is 0 Å². The molecule has 1 N–H and O–H groups in total. The molecule has 0 atom stereocenters. The molecule has 7 heteroatoms. The number of hydrogen-bond donors (Lipinski definition) is 1. The lowest BCUT2D eigenvalue weighted by Gasteiger charge is -2.26. The van der Waals surface area contributed by atoms with Gasteiger partial charge in [0.15, 0.2) is 0 Å². The first kappa shape index (κ1) is 20.3. The molecule has 7 nitrogen and oxygen atoms in total. The molecule has 0 radical (unpaired) electrons. The number of carbonyl (C=O) groups excluding carboxylic acids is 2. The Morgan fingerprint density at radius 1 is 1.07 bits per heavy atom. The first-order valence-electron chi connectivity index (χ1n) is 10.7. The van der Waals surface area contributed by atoms with Crippen LogP contribution in [0.2, 0.25) is 0 Å². The van der Waals surface area contributed by atoms with E-state index in [0.29, 0.717) is 30.3 Å². The number of pyridine rings is 1. The number of anilines is 1. The van der Waals surface area contributed by atoms with Gasteiger partial charge in [-0.05, 0) is 62.2 Å². The SMILES string of the molecule is CC(=O)N1CCc2cc(Oc3ccnc(C(=O)NCCN4CCCCC4)c3)ccc21. The fraction of sp³-hybridized carbons (Fsp3) is 0.435. The molecular weight excluding hydrogens is 380 g/mol. The number of nitrogens with zero attached hydrogens (tertiary/aromatic N) is 3. The van der Waals surface area contributed by atoms with Crippen molar-refractivity contribution in [2.45, 2.75) is 32.6 Å². The van der Waals surface area contributed by atoms with E-state index in [9.17, 15) is 9.59 Å². The van der Waals surface area contributed by atoms with Crippen molar-refractivity contribution >= 4 is 17.5 Å². The van der Waals surface area contributed by atoms with E-state index in [1.165, 1.54) is 19.3 Å². The minimum atomic E-state index is -0.191. The Morgan fingerprint density at radius 2 is 1.87 bits per heavy atom. The van der Waals surface area contributed by atoms with Crippen molar-refractivity contribution in [2.75, 3.05) is 37.6 Å². The lowest BCUT2D eigenvalue weighted by molar-refractivity contribution is -0.116. The van der Waals surface area contributed by atoms with Gasteiger partial charge < -0.3 is 19.9 Å². The van der Waals surface area contributed by atoms with E-state index in [0.717, 1.165) is 37.3 Å². The number of carbonyl (C=O) groups is 2. The number of nitrogens with one attached hydrogen (secondary N) is 1. The zero-order valence-corrected chi connectivity index (χ0v) is 17.4. The Hall–Kier alpha value is -2.93. The predicted molar refractivity (Wildman–Crippen MR) is 115 cm³/mol. The van der Waals surface area contributed by atoms with Crippen molar-refractivity contribution in [3.05, 3.63) is 47.8 Å². The van der Waals surface area contributed by atoms with Crippen LogP contribution in [-0.4, -0.2) is 54.4 Å². The standard InChI is InChI=1S/C23H28N4O3/c1-17(28)27-13-8-18-15-19(5-6-22(18)27)30-20-7-9-24-21(16-20)23(29)25-10-14-26-11-3-2-4-12-26/h5-7,9,15-16H,2-4,8,10-14H2,1H3,(H,25,29). The van der Waals surface area contributed by atoms with E-state index in [1.807, 2.05) is 18.2 Å². The molecule has 0 aliphatic carbocycles. The maximum Gasteiger partial charge on any atom is 0.270 e. The highest BCUT2D eigenvalue weighted by atomic mass is 16.5. The second-order valence-electron chi connectivity index (χ2n) is 7.85. The quantitative estimate of drug-likeness (QED) is 0.795. The molecule has 30 heavy (non-hydrogen) atoms. The molecule has 158 valence electrons. The van der Waals surface area contributed by atoms with Crippen molar-refractivity contribution in [2.24, 2.45) is 0 Å². The van der Waals surface area contributed by atoms with Crippen LogP contribution in [0.1, 0.15) is 42.2 Å². The summed E-state index contributed by atoms with van der Waals surface area (Å²) in [7, 11) is 0. The lowest BCUT2D eigenvalue weighted by Crippen LogP contribution is -2.37. The molecule has 2 aliphatic heterocycles. The van der Waals surface area contributed by atoms with E-state index in [2.05, 4.69) is 15.2 Å². The first-order chi connectivity index (χ1) is 14.6. The van der Waals surface area contributed by atoms with Gasteiger partial charge in [0.25, 0.3) is 5.91 Å². The van der Waals surface area contributed by atoms with Crippen molar-refractivity contribution in [3.8, 4) is 11.5 Å². The van der Waals surface area contributed by atoms with Crippen LogP contribution in [0.5, 0.6) is 11.5 Å². The summed E-state index contributed by atoms with van der Waals surface area (Å²) < 4.78 is 5.96. The average Bonchev–Trinajstić information content (AvgIpc) is 3.18. The Morgan fingerprint density at radius 3 is 2.67 bits per heavy atom. The molecule has 0 unspecified atom stereocenters. The second kappa shape index (κ2) is 9.26. The minimum Gasteiger partial charge on any atom is -0.457 e. The van der Waals surface area contributed by atoms with Crippen LogP contribution < -0.4 is 15.0 Å². The van der Waals surface area contributed by atoms with Gasteiger partial charge in [0, 0.05) is 44.5 Å². The van der Waals surface area contributed by atoms with Gasteiger partial charge in [0.1, 0.15) is 17.2 Å². The molecule has 2 aliphatic rings. The normalized spacial score (nSPS) is 16.2. The van der Waals surface area contributed by atoms with E-state index in [-0.39, 0.29) is 11.8 Å². The van der Waals surface area contributed by atoms with Crippen LogP contribution in [0, 0.1) is 0 Å². The maximum atomic E-state index is 12.5. The molecule has 3 heterocycles. The van der Waals surface area contributed by atoms with Crippen molar-refractivity contribution < 1.29 is 14.3 Å². The van der Waals surface area contributed by atoms with Crippen LogP contribution in [0.25, 0.3) is 0 Å². The summed E-state index contributed by atoms with van der Waals surface area (Å²) in [5.41, 5.74) is 2.38. The molecule has 1 fully saturated rings. The third-order valence-electron chi connectivity index (χ3n) is 5.69. The summed E-state index contributed by atoms with van der Waals surface area (Å²) in [6.07, 6.45) is 6.18. The monoisotopic (exact) mass is 408 g/mol. The molecule has 1 aromatic heterocycles. The number of amides is 2. The summed E-state index contributed by atoms with van der Waals surface area (Å²) >= 11 is 0. The summed E-state index contributed by atoms with van der Waals surface area (Å²) in [5, 5.41) is 2.95. The van der Waals surface area contributed by atoms with Gasteiger partial charge in [-0.1, -0.05) is 6.42 Å². The zero-order chi connectivity index (χ0) is 20.9. The van der Waals surface area contributed by atoms with E-state index < -0.39 is 0 Å². The van der Waals surface area contributed by atoms with Crippen LogP contribution in [-0.2, 0) is 11.2 Å². The predicted octanol–water partition coefficient (Wildman–Crippen LogP) is 3.00. The number of ether oxygens (including phenoxy) is 1. The Bertz CT molecular complexity index is 924. The largest absolute Gasteiger partial charge is 0.457 e. The van der Waals surface area contributed by atoms with Gasteiger partial charge in [0.05, 0.1) is 0 Å². The summed E-state index contributed by atoms with van der Waals surface area (Å²) in [4.78, 5) is 32.5. The van der Waals surface area contributed by atoms with Crippen LogP contribution >= 0.6 is 0 Å². The van der Waals surface area contributed by atoms with Gasteiger partial charge in [-0.3, -0.25) is 14.6 Å². The summed E-state index contributed by atoms with van der Waals surface area (Å²) in [6.45, 7) is 5.99. The summed E-state index contributed by atoms with van der Waals surface area (Å²) in [5.74, 6) is 1.10. The maximum absolute atomic E-state index is 12.5. The Labute approximate surface area is 177 Å². The highest BCUT2D eigenvalue weighted by molar-refractivity contribution is 5.94. The van der Waals surface area contributed by atoms with Gasteiger partial charge in [-0.25, -0.2) is 0 Å². The molecular formula is C23H28N4O3. The molecule has 0 spiro atoms. The zero-order valence-electron chi connectivity index (χ0n) is 17.4. The molecule has 4 rings (SSSR count). The highest BCUT2D eigenvalue weighted by Crippen LogP contribution is 2.33. The average molecular weight is 409 g/mol. The van der Waals surface area contributed by atoms with E-state index in [4.69, 9.17) is 4.74 Å². The highest BCUT2D eigenvalue weighted by Gasteiger charge is 2.22.